The number of ether oxygens (including phenoxy) is 2. The molecule has 6 heteroatoms. The molecule has 14 heavy (non-hydrogen) atoms. The molecule has 2 rings (SSSR count). The van der Waals surface area contributed by atoms with E-state index in [0.717, 1.165) is 0 Å². The van der Waals surface area contributed by atoms with E-state index >= 15 is 0 Å². The molecule has 0 aromatic carbocycles. The predicted molar refractivity (Wildman–Crippen MR) is 42.3 cm³/mol. The minimum absolute atomic E-state index is 0.0605. The minimum atomic E-state index is -1.22. The molecule has 2 aliphatic rings. The van der Waals surface area contributed by atoms with Crippen LogP contribution in [0.1, 0.15) is 6.42 Å². The molecule has 2 heterocycles. The highest BCUT2D eigenvalue weighted by atomic mass is 16.6. The number of esters is 1. The lowest BCUT2D eigenvalue weighted by molar-refractivity contribution is -0.215. The summed E-state index contributed by atoms with van der Waals surface area (Å²) in [4.78, 5) is 10.9. The van der Waals surface area contributed by atoms with Crippen molar-refractivity contribution in [1.82, 2.24) is 0 Å². The maximum Gasteiger partial charge on any atom is 0.309 e. The van der Waals surface area contributed by atoms with Crippen LogP contribution in [0.3, 0.4) is 0 Å². The zero-order chi connectivity index (χ0) is 10.3. The van der Waals surface area contributed by atoms with Crippen molar-refractivity contribution in [1.29, 1.82) is 0 Å². The molecule has 0 aromatic heterocycles. The van der Waals surface area contributed by atoms with Gasteiger partial charge in [-0.1, -0.05) is 0 Å². The van der Waals surface area contributed by atoms with E-state index in [9.17, 15) is 15.0 Å². The zero-order valence-corrected chi connectivity index (χ0v) is 7.37. The Bertz CT molecular complexity index is 242. The quantitative estimate of drug-likeness (QED) is 0.419. The van der Waals surface area contributed by atoms with E-state index in [-0.39, 0.29) is 6.42 Å². The summed E-state index contributed by atoms with van der Waals surface area (Å²) in [5.41, 5.74) is 0. The van der Waals surface area contributed by atoms with Gasteiger partial charge in [-0.15, -0.1) is 0 Å². The number of carbonyl (C=O) groups is 1. The molecular formula is C8H12O6. The molecule has 0 bridgehead atoms. The summed E-state index contributed by atoms with van der Waals surface area (Å²) < 4.78 is 9.99. The maximum absolute atomic E-state index is 10.9. The van der Waals surface area contributed by atoms with Crippen LogP contribution in [0, 0.1) is 0 Å². The monoisotopic (exact) mass is 204 g/mol. The number of aliphatic hydroxyl groups excluding tert-OH is 3. The van der Waals surface area contributed by atoms with E-state index in [1.807, 2.05) is 0 Å². The number of carbonyl (C=O) groups excluding carboxylic acids is 1. The Morgan fingerprint density at radius 3 is 2.71 bits per heavy atom. The average Bonchev–Trinajstić information content (AvgIpc) is 2.52. The molecule has 0 amide bonds. The lowest BCUT2D eigenvalue weighted by Crippen LogP contribution is -2.57. The van der Waals surface area contributed by atoms with E-state index in [2.05, 4.69) is 0 Å². The number of rotatable bonds is 1. The predicted octanol–water partition coefficient (Wildman–Crippen LogP) is -2.22. The first-order valence-electron chi connectivity index (χ1n) is 4.45. The van der Waals surface area contributed by atoms with Gasteiger partial charge in [-0.25, -0.2) is 0 Å². The molecule has 0 aromatic rings. The zero-order valence-electron chi connectivity index (χ0n) is 7.37. The number of hydrogen-bond donors (Lipinski definition) is 3. The second-order valence-electron chi connectivity index (χ2n) is 3.54. The molecule has 80 valence electrons. The van der Waals surface area contributed by atoms with E-state index in [1.54, 1.807) is 0 Å². The van der Waals surface area contributed by atoms with Crippen LogP contribution in [-0.4, -0.2) is 58.4 Å². The van der Waals surface area contributed by atoms with Crippen LogP contribution in [0.25, 0.3) is 0 Å². The molecule has 2 saturated heterocycles. The van der Waals surface area contributed by atoms with Crippen LogP contribution in [0.15, 0.2) is 0 Å². The molecule has 0 spiro atoms. The summed E-state index contributed by atoms with van der Waals surface area (Å²) in [6.45, 7) is -0.393. The lowest BCUT2D eigenvalue weighted by atomic mass is 9.95. The third-order valence-electron chi connectivity index (χ3n) is 2.60. The molecular weight excluding hydrogens is 192 g/mol. The second kappa shape index (κ2) is 3.47. The fourth-order valence-electron chi connectivity index (χ4n) is 1.84. The minimum Gasteiger partial charge on any atom is -0.457 e. The Labute approximate surface area is 80.1 Å². The first-order chi connectivity index (χ1) is 6.63. The van der Waals surface area contributed by atoms with Gasteiger partial charge in [-0.05, 0) is 0 Å². The Hall–Kier alpha value is -0.690. The van der Waals surface area contributed by atoms with Gasteiger partial charge >= 0.3 is 5.97 Å². The topological polar surface area (TPSA) is 96.2 Å². The Balaban J connectivity index is 2.13. The normalized spacial score (nSPS) is 47.4. The highest BCUT2D eigenvalue weighted by Gasteiger charge is 2.50. The summed E-state index contributed by atoms with van der Waals surface area (Å²) in [7, 11) is 0. The summed E-state index contributed by atoms with van der Waals surface area (Å²) in [6, 6.07) is 0. The van der Waals surface area contributed by atoms with E-state index in [0.29, 0.717) is 0 Å². The molecule has 3 N–H and O–H groups in total. The fourth-order valence-corrected chi connectivity index (χ4v) is 1.84. The molecule has 2 aliphatic heterocycles. The van der Waals surface area contributed by atoms with Gasteiger partial charge in [0, 0.05) is 0 Å². The van der Waals surface area contributed by atoms with Gasteiger partial charge in [0.25, 0.3) is 0 Å². The fraction of sp³-hybridized carbons (Fsp3) is 0.875. The van der Waals surface area contributed by atoms with Crippen molar-refractivity contribution < 1.29 is 29.6 Å². The lowest BCUT2D eigenvalue weighted by Gasteiger charge is -2.37. The highest BCUT2D eigenvalue weighted by molar-refractivity contribution is 5.72. The van der Waals surface area contributed by atoms with E-state index in [1.165, 1.54) is 0 Å². The molecule has 0 aliphatic carbocycles. The number of fused-ring (bicyclic) bond motifs is 1. The summed E-state index contributed by atoms with van der Waals surface area (Å²) >= 11 is 0. The van der Waals surface area contributed by atoms with Crippen LogP contribution in [0.2, 0.25) is 0 Å². The van der Waals surface area contributed by atoms with Crippen LogP contribution in [0.4, 0.5) is 0 Å². The second-order valence-corrected chi connectivity index (χ2v) is 3.54. The smallest absolute Gasteiger partial charge is 0.309 e. The molecule has 0 saturated carbocycles. The molecule has 0 radical (unpaired) electrons. The molecule has 0 unspecified atom stereocenters. The van der Waals surface area contributed by atoms with Gasteiger partial charge in [0.15, 0.2) is 6.10 Å². The summed E-state index contributed by atoms with van der Waals surface area (Å²) in [5.74, 6) is -0.454. The first kappa shape index (κ1) is 9.85. The Kier molecular flexibility index (Phi) is 2.44. The van der Waals surface area contributed by atoms with Crippen molar-refractivity contribution in [2.75, 3.05) is 6.61 Å². The van der Waals surface area contributed by atoms with Gasteiger partial charge in [0.05, 0.1) is 13.0 Å². The van der Waals surface area contributed by atoms with E-state index < -0.39 is 43.1 Å². The molecule has 6 nitrogen and oxygen atoms in total. The molecule has 2 fully saturated rings. The van der Waals surface area contributed by atoms with Crippen molar-refractivity contribution >= 4 is 5.97 Å². The number of hydrogen-bond acceptors (Lipinski definition) is 6. The van der Waals surface area contributed by atoms with Crippen LogP contribution in [0.5, 0.6) is 0 Å². The Morgan fingerprint density at radius 1 is 1.36 bits per heavy atom. The largest absolute Gasteiger partial charge is 0.457 e. The van der Waals surface area contributed by atoms with Crippen LogP contribution < -0.4 is 0 Å². The van der Waals surface area contributed by atoms with Gasteiger partial charge in [-0.3, -0.25) is 4.79 Å². The van der Waals surface area contributed by atoms with Crippen molar-refractivity contribution in [3.8, 4) is 0 Å². The first-order valence-corrected chi connectivity index (χ1v) is 4.45. The standard InChI is InChI=1S/C8H12O6/c9-2-4-6(11)7(12)8-3(13-4)1-5(10)14-8/h3-4,6-9,11-12H,1-2H2/t3-,4+,6+,7-,8+/m0/s1. The Morgan fingerprint density at radius 2 is 2.07 bits per heavy atom. The average molecular weight is 204 g/mol. The van der Waals surface area contributed by atoms with Crippen LogP contribution in [-0.2, 0) is 14.3 Å². The van der Waals surface area contributed by atoms with Crippen LogP contribution >= 0.6 is 0 Å². The summed E-state index contributed by atoms with van der Waals surface area (Å²) in [6.07, 6.45) is -4.55. The molecule has 5 atom stereocenters. The third-order valence-corrected chi connectivity index (χ3v) is 2.60. The van der Waals surface area contributed by atoms with E-state index in [4.69, 9.17) is 14.6 Å². The van der Waals surface area contributed by atoms with Gasteiger partial charge in [-0.2, -0.15) is 0 Å². The van der Waals surface area contributed by atoms with Crippen molar-refractivity contribution in [2.24, 2.45) is 0 Å². The SMILES string of the molecule is O=C1C[C@@H]2O[C@H](CO)[C@@H](O)[C@H](O)[C@@H]2O1. The highest BCUT2D eigenvalue weighted by Crippen LogP contribution is 2.30. The van der Waals surface area contributed by atoms with Gasteiger partial charge < -0.3 is 24.8 Å². The summed E-state index contributed by atoms with van der Waals surface area (Å²) in [5, 5.41) is 27.8. The van der Waals surface area contributed by atoms with Crippen molar-refractivity contribution in [2.45, 2.75) is 36.9 Å². The maximum atomic E-state index is 10.9. The third kappa shape index (κ3) is 1.40. The van der Waals surface area contributed by atoms with Gasteiger partial charge in [0.2, 0.25) is 0 Å². The van der Waals surface area contributed by atoms with Crippen molar-refractivity contribution in [3.63, 3.8) is 0 Å². The number of aliphatic hydroxyl groups is 3. The van der Waals surface area contributed by atoms with Crippen molar-refractivity contribution in [3.05, 3.63) is 0 Å². The van der Waals surface area contributed by atoms with Gasteiger partial charge in [0.1, 0.15) is 24.4 Å².